The van der Waals surface area contributed by atoms with Gasteiger partial charge in [-0.25, -0.2) is 0 Å². The van der Waals surface area contributed by atoms with Crippen molar-refractivity contribution in [3.05, 3.63) is 29.3 Å². The van der Waals surface area contributed by atoms with Gasteiger partial charge in [-0.3, -0.25) is 9.89 Å². The fourth-order valence-electron chi connectivity index (χ4n) is 2.79. The molecule has 1 saturated carbocycles. The van der Waals surface area contributed by atoms with Gasteiger partial charge in [0.25, 0.3) is 0 Å². The lowest BCUT2D eigenvalue weighted by molar-refractivity contribution is 0.218. The number of benzene rings is 1. The van der Waals surface area contributed by atoms with E-state index in [1.165, 1.54) is 24.0 Å². The van der Waals surface area contributed by atoms with Gasteiger partial charge in [0.15, 0.2) is 5.96 Å². The molecule has 1 aliphatic rings. The third kappa shape index (κ3) is 5.05. The molecule has 3 N–H and O–H groups in total. The summed E-state index contributed by atoms with van der Waals surface area (Å²) in [6, 6.07) is 7.67. The van der Waals surface area contributed by atoms with E-state index in [-0.39, 0.29) is 0 Å². The second-order valence-electron chi connectivity index (χ2n) is 6.33. The molecule has 4 nitrogen and oxygen atoms in total. The number of aryl methyl sites for hydroxylation is 2. The molecule has 0 amide bonds. The molecule has 116 valence electrons. The molecule has 0 aromatic heterocycles. The second kappa shape index (κ2) is 6.94. The molecular weight excluding hydrogens is 260 g/mol. The van der Waals surface area contributed by atoms with E-state index in [1.807, 2.05) is 0 Å². The number of aliphatic imine (C=N–C) groups is 1. The molecule has 0 heterocycles. The summed E-state index contributed by atoms with van der Waals surface area (Å²) in [4.78, 5) is 6.97. The molecule has 1 aromatic carbocycles. The zero-order chi connectivity index (χ0) is 15.4. The topological polar surface area (TPSA) is 53.6 Å². The van der Waals surface area contributed by atoms with Crippen molar-refractivity contribution in [1.29, 1.82) is 0 Å². The van der Waals surface area contributed by atoms with Crippen molar-refractivity contribution in [1.82, 2.24) is 4.90 Å². The van der Waals surface area contributed by atoms with Gasteiger partial charge in [-0.1, -0.05) is 6.07 Å². The zero-order valence-electron chi connectivity index (χ0n) is 13.7. The van der Waals surface area contributed by atoms with Crippen LogP contribution in [-0.4, -0.2) is 36.0 Å². The molecule has 0 bridgehead atoms. The first kappa shape index (κ1) is 15.8. The molecular formula is C17H28N4. The summed E-state index contributed by atoms with van der Waals surface area (Å²) in [5.74, 6) is 0.500. The Labute approximate surface area is 128 Å². The standard InChI is InChI=1S/C17H28N4/c1-12(2)21(16-5-6-16)8-7-19-17(18)20-15-10-13(3)9-14(4)11-15/h9-12,16H,5-8H2,1-4H3,(H3,18,19,20). The van der Waals surface area contributed by atoms with Gasteiger partial charge >= 0.3 is 0 Å². The molecule has 0 spiro atoms. The maximum atomic E-state index is 5.98. The monoisotopic (exact) mass is 288 g/mol. The van der Waals surface area contributed by atoms with E-state index in [0.29, 0.717) is 12.0 Å². The van der Waals surface area contributed by atoms with Gasteiger partial charge in [0.05, 0.1) is 6.54 Å². The van der Waals surface area contributed by atoms with Crippen molar-refractivity contribution in [3.63, 3.8) is 0 Å². The fourth-order valence-corrected chi connectivity index (χ4v) is 2.79. The summed E-state index contributed by atoms with van der Waals surface area (Å²) in [7, 11) is 0. The van der Waals surface area contributed by atoms with Crippen LogP contribution in [0.4, 0.5) is 5.69 Å². The molecule has 0 radical (unpaired) electrons. The van der Waals surface area contributed by atoms with Crippen LogP contribution in [0.2, 0.25) is 0 Å². The van der Waals surface area contributed by atoms with Crippen LogP contribution in [0.15, 0.2) is 23.2 Å². The molecule has 2 rings (SSSR count). The van der Waals surface area contributed by atoms with Gasteiger partial charge < -0.3 is 11.1 Å². The maximum absolute atomic E-state index is 5.98. The minimum absolute atomic E-state index is 0.500. The smallest absolute Gasteiger partial charge is 0.193 e. The van der Waals surface area contributed by atoms with Crippen LogP contribution in [0.25, 0.3) is 0 Å². The summed E-state index contributed by atoms with van der Waals surface area (Å²) >= 11 is 0. The Morgan fingerprint density at radius 2 is 1.90 bits per heavy atom. The summed E-state index contributed by atoms with van der Waals surface area (Å²) in [5.41, 5.74) is 9.44. The highest BCUT2D eigenvalue weighted by Crippen LogP contribution is 2.28. The minimum Gasteiger partial charge on any atom is -0.370 e. The third-order valence-electron chi connectivity index (χ3n) is 3.81. The Morgan fingerprint density at radius 3 is 2.43 bits per heavy atom. The van der Waals surface area contributed by atoms with Gasteiger partial charge in [-0.15, -0.1) is 0 Å². The lowest BCUT2D eigenvalue weighted by Gasteiger charge is -2.25. The number of nitrogens with zero attached hydrogens (tertiary/aromatic N) is 2. The molecule has 1 aromatic rings. The van der Waals surface area contributed by atoms with E-state index in [4.69, 9.17) is 5.73 Å². The number of rotatable bonds is 6. The molecule has 21 heavy (non-hydrogen) atoms. The zero-order valence-corrected chi connectivity index (χ0v) is 13.7. The van der Waals surface area contributed by atoms with Gasteiger partial charge in [0, 0.05) is 24.3 Å². The molecule has 4 heteroatoms. The first-order valence-electron chi connectivity index (χ1n) is 7.86. The van der Waals surface area contributed by atoms with Crippen molar-refractivity contribution in [3.8, 4) is 0 Å². The molecule has 0 unspecified atom stereocenters. The number of anilines is 1. The Kier molecular flexibility index (Phi) is 5.23. The van der Waals surface area contributed by atoms with Gasteiger partial charge in [-0.2, -0.15) is 0 Å². The van der Waals surface area contributed by atoms with E-state index in [2.05, 4.69) is 61.1 Å². The number of nitrogens with two attached hydrogens (primary N) is 1. The lowest BCUT2D eigenvalue weighted by atomic mass is 10.1. The summed E-state index contributed by atoms with van der Waals surface area (Å²) < 4.78 is 0. The normalized spacial score (nSPS) is 15.8. The summed E-state index contributed by atoms with van der Waals surface area (Å²) in [5, 5.41) is 3.18. The summed E-state index contributed by atoms with van der Waals surface area (Å²) in [6.07, 6.45) is 2.66. The van der Waals surface area contributed by atoms with E-state index in [1.54, 1.807) is 0 Å². The largest absolute Gasteiger partial charge is 0.370 e. The van der Waals surface area contributed by atoms with Crippen molar-refractivity contribution < 1.29 is 0 Å². The number of hydrogen-bond acceptors (Lipinski definition) is 2. The highest BCUT2D eigenvalue weighted by molar-refractivity contribution is 5.92. The maximum Gasteiger partial charge on any atom is 0.193 e. The van der Waals surface area contributed by atoms with Gasteiger partial charge in [0.1, 0.15) is 0 Å². The highest BCUT2D eigenvalue weighted by atomic mass is 15.2. The average molecular weight is 288 g/mol. The van der Waals surface area contributed by atoms with E-state index in [0.717, 1.165) is 24.8 Å². The highest BCUT2D eigenvalue weighted by Gasteiger charge is 2.29. The molecule has 0 saturated heterocycles. The van der Waals surface area contributed by atoms with E-state index in [9.17, 15) is 0 Å². The van der Waals surface area contributed by atoms with Crippen molar-refractivity contribution >= 4 is 11.6 Å². The van der Waals surface area contributed by atoms with E-state index < -0.39 is 0 Å². The predicted molar refractivity (Wildman–Crippen MR) is 90.9 cm³/mol. The number of guanidine groups is 1. The van der Waals surface area contributed by atoms with Crippen LogP contribution in [-0.2, 0) is 0 Å². The minimum atomic E-state index is 0.500. The van der Waals surface area contributed by atoms with Crippen molar-refractivity contribution in [2.45, 2.75) is 52.6 Å². The average Bonchev–Trinajstić information content (AvgIpc) is 3.16. The van der Waals surface area contributed by atoms with Crippen LogP contribution >= 0.6 is 0 Å². The third-order valence-corrected chi connectivity index (χ3v) is 3.81. The Balaban J connectivity index is 1.86. The second-order valence-corrected chi connectivity index (χ2v) is 6.33. The molecule has 1 fully saturated rings. The Bertz CT molecular complexity index is 481. The van der Waals surface area contributed by atoms with Gasteiger partial charge in [0.2, 0.25) is 0 Å². The SMILES string of the molecule is Cc1cc(C)cc(NC(N)=NCCN(C(C)C)C2CC2)c1. The van der Waals surface area contributed by atoms with Gasteiger partial charge in [-0.05, 0) is 63.8 Å². The summed E-state index contributed by atoms with van der Waals surface area (Å²) in [6.45, 7) is 10.4. The first-order valence-corrected chi connectivity index (χ1v) is 7.86. The first-order chi connectivity index (χ1) is 9.95. The van der Waals surface area contributed by atoms with Crippen LogP contribution in [0.1, 0.15) is 37.8 Å². The molecule has 0 aliphatic heterocycles. The van der Waals surface area contributed by atoms with Crippen LogP contribution in [0.3, 0.4) is 0 Å². The Hall–Kier alpha value is -1.55. The number of nitrogens with one attached hydrogen (secondary N) is 1. The predicted octanol–water partition coefficient (Wildman–Crippen LogP) is 2.90. The Morgan fingerprint density at radius 1 is 1.29 bits per heavy atom. The molecule has 0 atom stereocenters. The molecule has 1 aliphatic carbocycles. The number of hydrogen-bond donors (Lipinski definition) is 2. The van der Waals surface area contributed by atoms with Crippen LogP contribution < -0.4 is 11.1 Å². The van der Waals surface area contributed by atoms with Crippen molar-refractivity contribution in [2.24, 2.45) is 10.7 Å². The fraction of sp³-hybridized carbons (Fsp3) is 0.588. The van der Waals surface area contributed by atoms with E-state index >= 15 is 0 Å². The quantitative estimate of drug-likeness (QED) is 0.625. The van der Waals surface area contributed by atoms with Crippen molar-refractivity contribution in [2.75, 3.05) is 18.4 Å². The van der Waals surface area contributed by atoms with Crippen LogP contribution in [0, 0.1) is 13.8 Å². The van der Waals surface area contributed by atoms with Crippen LogP contribution in [0.5, 0.6) is 0 Å². The lowest BCUT2D eigenvalue weighted by Crippen LogP contribution is -2.35.